The predicted molar refractivity (Wildman–Crippen MR) is 55.3 cm³/mol. The summed E-state index contributed by atoms with van der Waals surface area (Å²) < 4.78 is 5.42. The summed E-state index contributed by atoms with van der Waals surface area (Å²) in [6.45, 7) is 0.697. The Morgan fingerprint density at radius 1 is 1.47 bits per heavy atom. The van der Waals surface area contributed by atoms with Crippen LogP contribution < -0.4 is 5.32 Å². The Bertz CT molecular complexity index is 352. The van der Waals surface area contributed by atoms with E-state index in [-0.39, 0.29) is 5.41 Å². The van der Waals surface area contributed by atoms with Crippen LogP contribution in [0.2, 0.25) is 0 Å². The third-order valence-electron chi connectivity index (χ3n) is 4.00. The zero-order valence-corrected chi connectivity index (χ0v) is 9.12. The molecule has 3 rings (SSSR count). The van der Waals surface area contributed by atoms with E-state index in [1.54, 1.807) is 0 Å². The van der Waals surface area contributed by atoms with Gasteiger partial charge in [0.05, 0.1) is 6.54 Å². The molecule has 0 saturated heterocycles. The molecule has 2 bridgehead atoms. The van der Waals surface area contributed by atoms with Crippen molar-refractivity contribution in [2.24, 2.45) is 5.92 Å². The molecule has 0 spiro atoms. The van der Waals surface area contributed by atoms with Crippen molar-refractivity contribution in [2.45, 2.75) is 44.1 Å². The molecule has 0 radical (unpaired) electrons. The molecule has 2 aliphatic rings. The Balaban J connectivity index is 1.85. The molecule has 1 heterocycles. The molecule has 1 aromatic heterocycles. The molecule has 1 N–H and O–H groups in total. The summed E-state index contributed by atoms with van der Waals surface area (Å²) in [6.07, 6.45) is 6.47. The normalized spacial score (nSPS) is 33.8. The lowest BCUT2D eigenvalue weighted by Gasteiger charge is -2.20. The van der Waals surface area contributed by atoms with Crippen molar-refractivity contribution in [1.82, 2.24) is 15.5 Å². The summed E-state index contributed by atoms with van der Waals surface area (Å²) in [4.78, 5) is 4.51. The van der Waals surface area contributed by atoms with Gasteiger partial charge in [-0.1, -0.05) is 5.16 Å². The number of hydrogen-bond acceptors (Lipinski definition) is 4. The van der Waals surface area contributed by atoms with Crippen LogP contribution >= 0.6 is 0 Å². The first-order valence-corrected chi connectivity index (χ1v) is 5.80. The second-order valence-corrected chi connectivity index (χ2v) is 4.97. The fraction of sp³-hybridized carbons (Fsp3) is 0.818. The highest BCUT2D eigenvalue weighted by Gasteiger charge is 2.49. The molecular weight excluding hydrogens is 190 g/mol. The third kappa shape index (κ3) is 1.39. The van der Waals surface area contributed by atoms with Crippen molar-refractivity contribution in [1.29, 1.82) is 0 Å². The van der Waals surface area contributed by atoms with E-state index in [0.29, 0.717) is 6.54 Å². The van der Waals surface area contributed by atoms with Gasteiger partial charge in [0.2, 0.25) is 5.89 Å². The van der Waals surface area contributed by atoms with Crippen LogP contribution in [0.1, 0.15) is 43.8 Å². The molecule has 82 valence electrons. The minimum Gasteiger partial charge on any atom is -0.339 e. The summed E-state index contributed by atoms with van der Waals surface area (Å²) in [5.74, 6) is 2.61. The Kier molecular flexibility index (Phi) is 2.06. The van der Waals surface area contributed by atoms with Crippen LogP contribution in [0.15, 0.2) is 4.52 Å². The summed E-state index contributed by atoms with van der Waals surface area (Å²) in [5, 5.41) is 7.06. The average Bonchev–Trinajstić information content (AvgIpc) is 2.92. The highest BCUT2D eigenvalue weighted by molar-refractivity contribution is 5.13. The lowest BCUT2D eigenvalue weighted by molar-refractivity contribution is 0.277. The predicted octanol–water partition coefficient (Wildman–Crippen LogP) is 1.62. The van der Waals surface area contributed by atoms with Gasteiger partial charge in [0.25, 0.3) is 0 Å². The molecule has 2 saturated carbocycles. The van der Waals surface area contributed by atoms with Crippen molar-refractivity contribution >= 4 is 0 Å². The van der Waals surface area contributed by atoms with Crippen LogP contribution in [0.4, 0.5) is 0 Å². The number of hydrogen-bond donors (Lipinski definition) is 1. The van der Waals surface area contributed by atoms with Crippen LogP contribution in [0.5, 0.6) is 0 Å². The molecule has 2 aliphatic carbocycles. The van der Waals surface area contributed by atoms with E-state index in [1.165, 1.54) is 32.1 Å². The minimum absolute atomic E-state index is 0.254. The molecule has 0 aromatic carbocycles. The van der Waals surface area contributed by atoms with Crippen LogP contribution in [0.25, 0.3) is 0 Å². The van der Waals surface area contributed by atoms with Gasteiger partial charge in [0.1, 0.15) is 0 Å². The van der Waals surface area contributed by atoms with Crippen LogP contribution in [-0.2, 0) is 12.0 Å². The second kappa shape index (κ2) is 3.30. The Morgan fingerprint density at radius 3 is 2.87 bits per heavy atom. The summed E-state index contributed by atoms with van der Waals surface area (Å²) in [6, 6.07) is 0. The van der Waals surface area contributed by atoms with Crippen LogP contribution in [0, 0.1) is 5.92 Å². The number of nitrogens with one attached hydrogen (secondary N) is 1. The van der Waals surface area contributed by atoms with Gasteiger partial charge in [-0.3, -0.25) is 0 Å². The van der Waals surface area contributed by atoms with Gasteiger partial charge >= 0.3 is 0 Å². The van der Waals surface area contributed by atoms with Crippen molar-refractivity contribution < 1.29 is 4.52 Å². The Labute approximate surface area is 89.4 Å². The number of rotatable bonds is 3. The number of fused-ring (bicyclic) bond motifs is 2. The largest absolute Gasteiger partial charge is 0.339 e. The van der Waals surface area contributed by atoms with E-state index >= 15 is 0 Å². The maximum atomic E-state index is 5.42. The van der Waals surface area contributed by atoms with Crippen LogP contribution in [0.3, 0.4) is 0 Å². The van der Waals surface area contributed by atoms with Crippen molar-refractivity contribution in [3.05, 3.63) is 11.7 Å². The standard InChI is InChI=1S/C11H17N3O/c1-12-7-9-13-10(15-14-9)11-4-2-8(6-11)3-5-11/h8,12H,2-7H2,1H3. The van der Waals surface area contributed by atoms with Crippen molar-refractivity contribution in [2.75, 3.05) is 7.05 Å². The van der Waals surface area contributed by atoms with Gasteiger partial charge < -0.3 is 9.84 Å². The highest BCUT2D eigenvalue weighted by atomic mass is 16.5. The van der Waals surface area contributed by atoms with Gasteiger partial charge in [-0.05, 0) is 45.1 Å². The zero-order chi connectivity index (χ0) is 10.3. The summed E-state index contributed by atoms with van der Waals surface area (Å²) in [7, 11) is 1.90. The molecule has 4 nitrogen and oxygen atoms in total. The lowest BCUT2D eigenvalue weighted by atomic mass is 9.84. The van der Waals surface area contributed by atoms with Gasteiger partial charge in [0, 0.05) is 5.41 Å². The fourth-order valence-electron chi connectivity index (χ4n) is 3.19. The number of nitrogens with zero attached hydrogens (tertiary/aromatic N) is 2. The zero-order valence-electron chi connectivity index (χ0n) is 9.12. The van der Waals surface area contributed by atoms with E-state index in [1.807, 2.05) is 7.05 Å². The van der Waals surface area contributed by atoms with Gasteiger partial charge in [-0.2, -0.15) is 4.98 Å². The fourth-order valence-corrected chi connectivity index (χ4v) is 3.19. The molecule has 0 amide bonds. The average molecular weight is 207 g/mol. The van der Waals surface area contributed by atoms with E-state index in [4.69, 9.17) is 4.52 Å². The molecule has 1 aromatic rings. The first-order chi connectivity index (χ1) is 7.32. The van der Waals surface area contributed by atoms with E-state index in [0.717, 1.165) is 17.6 Å². The van der Waals surface area contributed by atoms with Crippen molar-refractivity contribution in [3.63, 3.8) is 0 Å². The topological polar surface area (TPSA) is 51.0 Å². The quantitative estimate of drug-likeness (QED) is 0.818. The third-order valence-corrected chi connectivity index (χ3v) is 4.00. The summed E-state index contributed by atoms with van der Waals surface area (Å²) >= 11 is 0. The maximum Gasteiger partial charge on any atom is 0.232 e. The number of aromatic nitrogens is 2. The van der Waals surface area contributed by atoms with Gasteiger partial charge in [0.15, 0.2) is 5.82 Å². The molecule has 0 aliphatic heterocycles. The van der Waals surface area contributed by atoms with Crippen molar-refractivity contribution in [3.8, 4) is 0 Å². The monoisotopic (exact) mass is 207 g/mol. The van der Waals surface area contributed by atoms with E-state index < -0.39 is 0 Å². The van der Waals surface area contributed by atoms with Gasteiger partial charge in [-0.25, -0.2) is 0 Å². The minimum atomic E-state index is 0.254. The van der Waals surface area contributed by atoms with E-state index in [2.05, 4.69) is 15.5 Å². The second-order valence-electron chi connectivity index (χ2n) is 4.97. The maximum absolute atomic E-state index is 5.42. The summed E-state index contributed by atoms with van der Waals surface area (Å²) in [5.41, 5.74) is 0.254. The molecule has 2 fully saturated rings. The highest BCUT2D eigenvalue weighted by Crippen LogP contribution is 2.54. The first kappa shape index (κ1) is 9.33. The van der Waals surface area contributed by atoms with Crippen LogP contribution in [-0.4, -0.2) is 17.2 Å². The Morgan fingerprint density at radius 2 is 2.27 bits per heavy atom. The SMILES string of the molecule is CNCc1noc(C23CCC(CC2)C3)n1. The molecule has 4 heteroatoms. The molecule has 15 heavy (non-hydrogen) atoms. The lowest BCUT2D eigenvalue weighted by Crippen LogP contribution is -2.20. The van der Waals surface area contributed by atoms with E-state index in [9.17, 15) is 0 Å². The molecule has 0 unspecified atom stereocenters. The molecule has 0 atom stereocenters. The van der Waals surface area contributed by atoms with Gasteiger partial charge in [-0.15, -0.1) is 0 Å². The first-order valence-electron chi connectivity index (χ1n) is 5.80. The molecular formula is C11H17N3O. The Hall–Kier alpha value is -0.900. The smallest absolute Gasteiger partial charge is 0.232 e.